The van der Waals surface area contributed by atoms with E-state index < -0.39 is 6.04 Å². The summed E-state index contributed by atoms with van der Waals surface area (Å²) in [7, 11) is 0. The molecular weight excluding hydrogens is 404 g/mol. The molecule has 9 heteroatoms. The molecule has 3 aromatic rings. The van der Waals surface area contributed by atoms with Crippen molar-refractivity contribution in [3.8, 4) is 0 Å². The molecule has 3 fully saturated rings. The van der Waals surface area contributed by atoms with Crippen molar-refractivity contribution in [1.82, 2.24) is 20.2 Å². The predicted molar refractivity (Wildman–Crippen MR) is 120 cm³/mol. The van der Waals surface area contributed by atoms with Crippen molar-refractivity contribution in [1.29, 1.82) is 0 Å². The van der Waals surface area contributed by atoms with Crippen molar-refractivity contribution in [2.45, 2.75) is 37.3 Å². The van der Waals surface area contributed by atoms with Gasteiger partial charge in [0.1, 0.15) is 11.9 Å². The van der Waals surface area contributed by atoms with Crippen molar-refractivity contribution < 1.29 is 4.79 Å². The molecule has 1 aromatic carbocycles. The molecule has 9 nitrogen and oxygen atoms in total. The highest BCUT2D eigenvalue weighted by Gasteiger charge is 2.62. The maximum Gasteiger partial charge on any atom is 0.240 e. The topological polar surface area (TPSA) is 139 Å². The molecule has 32 heavy (non-hydrogen) atoms. The highest BCUT2D eigenvalue weighted by Crippen LogP contribution is 2.49. The molecule has 1 aliphatic heterocycles. The van der Waals surface area contributed by atoms with Crippen molar-refractivity contribution in [2.24, 2.45) is 23.3 Å². The summed E-state index contributed by atoms with van der Waals surface area (Å²) in [6, 6.07) is 13.7. The molecule has 1 amide bonds. The number of nitrogens with two attached hydrogens (primary N) is 2. The van der Waals surface area contributed by atoms with Gasteiger partial charge in [-0.1, -0.05) is 30.3 Å². The van der Waals surface area contributed by atoms with Gasteiger partial charge in [0.05, 0.1) is 5.69 Å². The van der Waals surface area contributed by atoms with Gasteiger partial charge in [0.15, 0.2) is 5.82 Å². The third kappa shape index (κ3) is 3.48. The van der Waals surface area contributed by atoms with Gasteiger partial charge in [-0.25, -0.2) is 4.98 Å². The number of hydrogen-bond acceptors (Lipinski definition) is 7. The Labute approximate surface area is 185 Å². The van der Waals surface area contributed by atoms with E-state index in [1.807, 2.05) is 35.2 Å². The molecule has 6 rings (SSSR count). The maximum absolute atomic E-state index is 12.2. The number of amides is 1. The van der Waals surface area contributed by atoms with E-state index in [0.29, 0.717) is 30.6 Å². The van der Waals surface area contributed by atoms with Gasteiger partial charge >= 0.3 is 0 Å². The fourth-order valence-corrected chi connectivity index (χ4v) is 4.92. The minimum Gasteiger partial charge on any atom is -0.368 e. The van der Waals surface area contributed by atoms with Crippen LogP contribution in [0, 0.1) is 11.8 Å². The van der Waals surface area contributed by atoms with Crippen molar-refractivity contribution in [3.05, 3.63) is 59.4 Å². The molecule has 0 unspecified atom stereocenters. The summed E-state index contributed by atoms with van der Waals surface area (Å²) < 4.78 is 0. The molecule has 3 aliphatic rings. The molecule has 2 aromatic heterocycles. The zero-order valence-corrected chi connectivity index (χ0v) is 17.6. The molecule has 4 atom stereocenters. The van der Waals surface area contributed by atoms with Crippen LogP contribution in [0.4, 0.5) is 17.6 Å². The molecule has 0 radical (unpaired) electrons. The van der Waals surface area contributed by atoms with E-state index in [1.54, 1.807) is 0 Å². The average molecular weight is 431 g/mol. The average Bonchev–Trinajstić information content (AvgIpc) is 3.61. The number of H-pyrrole nitrogens is 1. The zero-order valence-electron chi connectivity index (χ0n) is 17.6. The third-order valence-corrected chi connectivity index (χ3v) is 6.82. The number of carbonyl (C=O) groups is 1. The highest BCUT2D eigenvalue weighted by molar-refractivity contribution is 5.85. The number of nitrogens with zero attached hydrogens (tertiary/aromatic N) is 4. The lowest BCUT2D eigenvalue weighted by Crippen LogP contribution is -2.46. The van der Waals surface area contributed by atoms with Crippen molar-refractivity contribution >= 4 is 23.5 Å². The number of nitrogens with one attached hydrogen (secondary N) is 2. The van der Waals surface area contributed by atoms with Crippen LogP contribution in [0.25, 0.3) is 0 Å². The SMILES string of the molecule is NC(=O)[C@@H]1[C@@H]2[C@@H](N)[C@@H]2CN1c1nc(Cc2ccccc2)cc(Nc2cc(C3CC3)[nH]n2)n1. The number of aromatic nitrogens is 4. The molecule has 6 N–H and O–H groups in total. The number of primary amides is 1. The Kier molecular flexibility index (Phi) is 4.39. The zero-order chi connectivity index (χ0) is 21.8. The first-order chi connectivity index (χ1) is 15.6. The Morgan fingerprint density at radius 1 is 1.16 bits per heavy atom. The minimum atomic E-state index is -0.471. The summed E-state index contributed by atoms with van der Waals surface area (Å²) in [5.74, 6) is 2.42. The number of fused-ring (bicyclic) bond motifs is 1. The first-order valence-corrected chi connectivity index (χ1v) is 11.1. The van der Waals surface area contributed by atoms with Crippen LogP contribution < -0.4 is 21.7 Å². The Bertz CT molecular complexity index is 1160. The lowest BCUT2D eigenvalue weighted by atomic mass is 10.1. The summed E-state index contributed by atoms with van der Waals surface area (Å²) in [4.78, 5) is 23.7. The number of benzene rings is 1. The van der Waals surface area contributed by atoms with Gasteiger partial charge in [-0.15, -0.1) is 0 Å². The fourth-order valence-electron chi connectivity index (χ4n) is 4.92. The summed E-state index contributed by atoms with van der Waals surface area (Å²) in [6.45, 7) is 0.641. The summed E-state index contributed by atoms with van der Waals surface area (Å²) >= 11 is 0. The van der Waals surface area contributed by atoms with Crippen LogP contribution in [-0.2, 0) is 11.2 Å². The largest absolute Gasteiger partial charge is 0.368 e. The molecule has 2 saturated carbocycles. The maximum atomic E-state index is 12.2. The van der Waals surface area contributed by atoms with Crippen LogP contribution in [-0.4, -0.2) is 44.7 Å². The van der Waals surface area contributed by atoms with Gasteiger partial charge < -0.3 is 21.7 Å². The Morgan fingerprint density at radius 2 is 1.97 bits per heavy atom. The van der Waals surface area contributed by atoms with E-state index in [9.17, 15) is 4.79 Å². The lowest BCUT2D eigenvalue weighted by molar-refractivity contribution is -0.119. The second-order valence-electron chi connectivity index (χ2n) is 9.13. The number of carbonyl (C=O) groups excluding carboxylic acids is 1. The van der Waals surface area contributed by atoms with Crippen LogP contribution in [0.3, 0.4) is 0 Å². The first-order valence-electron chi connectivity index (χ1n) is 11.1. The van der Waals surface area contributed by atoms with Gasteiger partial charge in [0.25, 0.3) is 0 Å². The van der Waals surface area contributed by atoms with E-state index in [1.165, 1.54) is 12.8 Å². The van der Waals surface area contributed by atoms with Gasteiger partial charge in [-0.2, -0.15) is 10.1 Å². The van der Waals surface area contributed by atoms with Crippen LogP contribution >= 0.6 is 0 Å². The van der Waals surface area contributed by atoms with E-state index in [-0.39, 0.29) is 23.8 Å². The van der Waals surface area contributed by atoms with E-state index >= 15 is 0 Å². The monoisotopic (exact) mass is 430 g/mol. The summed E-state index contributed by atoms with van der Waals surface area (Å²) in [6.07, 6.45) is 3.06. The number of anilines is 3. The summed E-state index contributed by atoms with van der Waals surface area (Å²) in [5, 5.41) is 10.8. The fraction of sp³-hybridized carbons (Fsp3) is 0.391. The third-order valence-electron chi connectivity index (χ3n) is 6.82. The van der Waals surface area contributed by atoms with Crippen LogP contribution in [0.1, 0.15) is 35.7 Å². The molecule has 3 heterocycles. The molecule has 164 valence electrons. The van der Waals surface area contributed by atoms with Gasteiger partial charge in [-0.3, -0.25) is 9.89 Å². The smallest absolute Gasteiger partial charge is 0.240 e. The quantitative estimate of drug-likeness (QED) is 0.447. The standard InChI is InChI=1S/C23H26N8O/c24-20-15-11-31(21(19(15)20)22(25)32)23-26-14(8-12-4-2-1-3-5-12)9-17(28-23)27-18-10-16(29-30-18)13-6-7-13/h1-5,9-10,13,15,19-21H,6-8,11,24H2,(H2,25,32)(H2,26,27,28,29,30)/t15-,19+,20+,21+/m1/s1. The van der Waals surface area contributed by atoms with Crippen LogP contribution in [0.5, 0.6) is 0 Å². The molecule has 0 bridgehead atoms. The van der Waals surface area contributed by atoms with Crippen molar-refractivity contribution in [2.75, 3.05) is 16.8 Å². The van der Waals surface area contributed by atoms with E-state index in [0.717, 1.165) is 22.8 Å². The number of aromatic amines is 1. The molecule has 0 spiro atoms. The minimum absolute atomic E-state index is 0.0266. The normalized spacial score (nSPS) is 26.1. The van der Waals surface area contributed by atoms with Crippen LogP contribution in [0.15, 0.2) is 42.5 Å². The Balaban J connectivity index is 1.33. The number of hydrogen-bond donors (Lipinski definition) is 4. The van der Waals surface area contributed by atoms with Gasteiger partial charge in [-0.05, 0) is 24.3 Å². The number of rotatable bonds is 7. The first kappa shape index (κ1) is 19.2. The second kappa shape index (κ2) is 7.30. The second-order valence-corrected chi connectivity index (χ2v) is 9.13. The number of piperidine rings is 1. The Morgan fingerprint density at radius 3 is 2.72 bits per heavy atom. The molecule has 2 aliphatic carbocycles. The lowest BCUT2D eigenvalue weighted by Gasteiger charge is -2.27. The Hall–Kier alpha value is -3.46. The van der Waals surface area contributed by atoms with E-state index in [2.05, 4.69) is 27.6 Å². The van der Waals surface area contributed by atoms with Crippen LogP contribution in [0.2, 0.25) is 0 Å². The van der Waals surface area contributed by atoms with E-state index in [4.69, 9.17) is 21.4 Å². The van der Waals surface area contributed by atoms with Crippen molar-refractivity contribution in [3.63, 3.8) is 0 Å². The predicted octanol–water partition coefficient (Wildman–Crippen LogP) is 1.66. The highest BCUT2D eigenvalue weighted by atomic mass is 16.1. The molecule has 1 saturated heterocycles. The van der Waals surface area contributed by atoms with Gasteiger partial charge in [0.2, 0.25) is 11.9 Å². The van der Waals surface area contributed by atoms with Gasteiger partial charge in [0, 0.05) is 48.7 Å². The summed E-state index contributed by atoms with van der Waals surface area (Å²) in [5.41, 5.74) is 15.0. The molecular formula is C23H26N8O.